The number of hydrogen-bond acceptors (Lipinski definition) is 2. The minimum Gasteiger partial charge on any atom is -0.491 e. The molecule has 0 saturated heterocycles. The molecule has 0 aliphatic heterocycles. The summed E-state index contributed by atoms with van der Waals surface area (Å²) in [4.78, 5) is 0. The first-order valence-electron chi connectivity index (χ1n) is 10.2. The van der Waals surface area contributed by atoms with Gasteiger partial charge in [0.1, 0.15) is 5.82 Å². The molecule has 0 N–H and O–H groups in total. The second-order valence-corrected chi connectivity index (χ2v) is 7.35. The molecule has 0 unspecified atom stereocenters. The lowest BCUT2D eigenvalue weighted by molar-refractivity contribution is 0.0118. The second kappa shape index (κ2) is 9.97. The molecule has 1 fully saturated rings. The lowest BCUT2D eigenvalue weighted by Gasteiger charge is -2.29. The molecular formula is C24H27F3O2. The molecule has 0 aromatic heterocycles. The third kappa shape index (κ3) is 5.21. The van der Waals surface area contributed by atoms with Gasteiger partial charge in [0.2, 0.25) is 5.82 Å². The van der Waals surface area contributed by atoms with E-state index < -0.39 is 11.6 Å². The average Bonchev–Trinajstić information content (AvgIpc) is 2.72. The van der Waals surface area contributed by atoms with E-state index in [-0.39, 0.29) is 36.8 Å². The topological polar surface area (TPSA) is 18.5 Å². The van der Waals surface area contributed by atoms with E-state index in [2.05, 4.69) is 0 Å². The minimum atomic E-state index is -0.917. The first-order valence-corrected chi connectivity index (χ1v) is 10.2. The molecule has 1 aliphatic rings. The van der Waals surface area contributed by atoms with Crippen LogP contribution in [-0.2, 0) is 11.3 Å². The third-order valence-electron chi connectivity index (χ3n) is 5.40. The van der Waals surface area contributed by atoms with Crippen LogP contribution in [0.3, 0.4) is 0 Å². The van der Waals surface area contributed by atoms with Crippen LogP contribution in [0.5, 0.6) is 5.75 Å². The molecule has 2 nitrogen and oxygen atoms in total. The van der Waals surface area contributed by atoms with Crippen LogP contribution in [0.15, 0.2) is 36.4 Å². The highest BCUT2D eigenvalue weighted by Crippen LogP contribution is 2.37. The summed E-state index contributed by atoms with van der Waals surface area (Å²) >= 11 is 0. The number of ether oxygens (including phenoxy) is 2. The van der Waals surface area contributed by atoms with Crippen LogP contribution in [0.2, 0.25) is 0 Å². The van der Waals surface area contributed by atoms with Crippen molar-refractivity contribution in [2.75, 3.05) is 6.61 Å². The molecule has 2 aromatic rings. The van der Waals surface area contributed by atoms with Crippen LogP contribution in [0, 0.1) is 17.5 Å². The SMILES string of the molecule is CC=Cc1ccc(COC2CCC(c3ccc(OCC)c(F)c3F)CC2)c(F)c1. The zero-order valence-corrected chi connectivity index (χ0v) is 16.9. The van der Waals surface area contributed by atoms with Crippen LogP contribution in [-0.4, -0.2) is 12.7 Å². The zero-order chi connectivity index (χ0) is 20.8. The summed E-state index contributed by atoms with van der Waals surface area (Å²) in [6.45, 7) is 4.12. The van der Waals surface area contributed by atoms with E-state index in [0.717, 1.165) is 18.4 Å². The molecule has 3 rings (SSSR count). The van der Waals surface area contributed by atoms with Gasteiger partial charge in [-0.2, -0.15) is 4.39 Å². The van der Waals surface area contributed by atoms with Crippen molar-refractivity contribution >= 4 is 6.08 Å². The number of allylic oxidation sites excluding steroid dienone is 1. The monoisotopic (exact) mass is 404 g/mol. The van der Waals surface area contributed by atoms with Crippen molar-refractivity contribution < 1.29 is 22.6 Å². The molecule has 1 saturated carbocycles. The van der Waals surface area contributed by atoms with Gasteiger partial charge in [-0.15, -0.1) is 0 Å². The Morgan fingerprint density at radius 1 is 1.00 bits per heavy atom. The molecule has 156 valence electrons. The summed E-state index contributed by atoms with van der Waals surface area (Å²) in [5, 5.41) is 0. The highest BCUT2D eigenvalue weighted by atomic mass is 19.2. The van der Waals surface area contributed by atoms with E-state index in [1.54, 1.807) is 19.1 Å². The van der Waals surface area contributed by atoms with Crippen molar-refractivity contribution in [1.29, 1.82) is 0 Å². The quantitative estimate of drug-likeness (QED) is 0.506. The Morgan fingerprint density at radius 3 is 2.41 bits per heavy atom. The van der Waals surface area contributed by atoms with Crippen molar-refractivity contribution in [1.82, 2.24) is 0 Å². The Labute approximate surface area is 170 Å². The zero-order valence-electron chi connectivity index (χ0n) is 16.9. The highest BCUT2D eigenvalue weighted by molar-refractivity contribution is 5.49. The second-order valence-electron chi connectivity index (χ2n) is 7.35. The van der Waals surface area contributed by atoms with Gasteiger partial charge in [-0.3, -0.25) is 0 Å². The van der Waals surface area contributed by atoms with Crippen LogP contribution >= 0.6 is 0 Å². The third-order valence-corrected chi connectivity index (χ3v) is 5.40. The molecule has 2 aromatic carbocycles. The maximum absolute atomic E-state index is 14.4. The van der Waals surface area contributed by atoms with E-state index in [1.165, 1.54) is 12.1 Å². The molecular weight excluding hydrogens is 377 g/mol. The Morgan fingerprint density at radius 2 is 1.76 bits per heavy atom. The van der Waals surface area contributed by atoms with Crippen molar-refractivity contribution in [2.45, 2.75) is 58.2 Å². The smallest absolute Gasteiger partial charge is 0.200 e. The fraction of sp³-hybridized carbons (Fsp3) is 0.417. The Bertz CT molecular complexity index is 855. The molecule has 0 radical (unpaired) electrons. The van der Waals surface area contributed by atoms with E-state index >= 15 is 0 Å². The van der Waals surface area contributed by atoms with Gasteiger partial charge in [0.05, 0.1) is 19.3 Å². The van der Waals surface area contributed by atoms with Crippen molar-refractivity contribution in [3.63, 3.8) is 0 Å². The summed E-state index contributed by atoms with van der Waals surface area (Å²) in [6.07, 6.45) is 6.58. The van der Waals surface area contributed by atoms with E-state index in [1.807, 2.05) is 25.1 Å². The maximum atomic E-state index is 14.4. The summed E-state index contributed by atoms with van der Waals surface area (Å²) in [5.74, 6) is -2.10. The van der Waals surface area contributed by atoms with Gasteiger partial charge in [-0.1, -0.05) is 30.4 Å². The number of benzene rings is 2. The van der Waals surface area contributed by atoms with Crippen molar-refractivity contribution in [3.8, 4) is 5.75 Å². The fourth-order valence-electron chi connectivity index (χ4n) is 3.85. The van der Waals surface area contributed by atoms with Gasteiger partial charge in [-0.05, 0) is 68.7 Å². The maximum Gasteiger partial charge on any atom is 0.200 e. The van der Waals surface area contributed by atoms with Gasteiger partial charge < -0.3 is 9.47 Å². The first-order chi connectivity index (χ1) is 14.0. The Kier molecular flexibility index (Phi) is 7.37. The van der Waals surface area contributed by atoms with Gasteiger partial charge in [0, 0.05) is 5.56 Å². The summed E-state index contributed by atoms with van der Waals surface area (Å²) in [5.41, 5.74) is 1.74. The molecule has 0 atom stereocenters. The molecule has 0 amide bonds. The molecule has 0 heterocycles. The highest BCUT2D eigenvalue weighted by Gasteiger charge is 2.27. The molecule has 29 heavy (non-hydrogen) atoms. The van der Waals surface area contributed by atoms with Crippen LogP contribution in [0.1, 0.15) is 62.1 Å². The summed E-state index contributed by atoms with van der Waals surface area (Å²) in [6, 6.07) is 8.23. The van der Waals surface area contributed by atoms with Gasteiger partial charge >= 0.3 is 0 Å². The molecule has 1 aliphatic carbocycles. The lowest BCUT2D eigenvalue weighted by Crippen LogP contribution is -2.21. The number of hydrogen-bond donors (Lipinski definition) is 0. The number of rotatable bonds is 7. The average molecular weight is 404 g/mol. The van der Waals surface area contributed by atoms with Crippen molar-refractivity contribution in [3.05, 3.63) is 70.5 Å². The van der Waals surface area contributed by atoms with E-state index in [0.29, 0.717) is 24.0 Å². The van der Waals surface area contributed by atoms with Crippen LogP contribution < -0.4 is 4.74 Å². The van der Waals surface area contributed by atoms with Crippen LogP contribution in [0.4, 0.5) is 13.2 Å². The summed E-state index contributed by atoms with van der Waals surface area (Å²) < 4.78 is 53.8. The van der Waals surface area contributed by atoms with Gasteiger partial charge in [0.15, 0.2) is 11.6 Å². The normalized spacial score (nSPS) is 19.6. The molecule has 0 spiro atoms. The van der Waals surface area contributed by atoms with Crippen LogP contribution in [0.25, 0.3) is 6.08 Å². The number of halogens is 3. The van der Waals surface area contributed by atoms with Gasteiger partial charge in [-0.25, -0.2) is 8.78 Å². The predicted molar refractivity (Wildman–Crippen MR) is 108 cm³/mol. The summed E-state index contributed by atoms with van der Waals surface area (Å²) in [7, 11) is 0. The Hall–Kier alpha value is -2.27. The standard InChI is InChI=1S/C24H27F3O2/c1-3-5-16-6-7-18(21(25)14-16)15-29-19-10-8-17(9-11-19)20-12-13-22(28-4-2)24(27)23(20)26/h3,5-7,12-14,17,19H,4,8-11,15H2,1-2H3. The largest absolute Gasteiger partial charge is 0.491 e. The first kappa shape index (κ1) is 21.4. The Balaban J connectivity index is 1.55. The van der Waals surface area contributed by atoms with Crippen molar-refractivity contribution in [2.24, 2.45) is 0 Å². The molecule has 5 heteroatoms. The lowest BCUT2D eigenvalue weighted by atomic mass is 9.82. The minimum absolute atomic E-state index is 0.00327. The van der Waals surface area contributed by atoms with Gasteiger partial charge in [0.25, 0.3) is 0 Å². The molecule has 0 bridgehead atoms. The van der Waals surface area contributed by atoms with E-state index in [9.17, 15) is 13.2 Å². The predicted octanol–water partition coefficient (Wildman–Crippen LogP) is 6.78. The van der Waals surface area contributed by atoms with E-state index in [4.69, 9.17) is 9.47 Å². The fourth-order valence-corrected chi connectivity index (χ4v) is 3.85.